The molecule has 0 aliphatic carbocycles. The largest absolute Gasteiger partial charge is 0.381 e. The lowest BCUT2D eigenvalue weighted by Crippen LogP contribution is -2.44. The smallest absolute Gasteiger partial charge is 0.0509 e. The van der Waals surface area contributed by atoms with E-state index in [1.54, 1.807) is 0 Å². The minimum atomic E-state index is 0.327. The average molecular weight is 198 g/mol. The Labute approximate surface area is 86.6 Å². The summed E-state index contributed by atoms with van der Waals surface area (Å²) in [4.78, 5) is 2.50. The maximum absolute atomic E-state index is 6.21. The van der Waals surface area contributed by atoms with E-state index in [0.29, 0.717) is 12.0 Å². The summed E-state index contributed by atoms with van der Waals surface area (Å²) in [5.41, 5.74) is 6.21. The van der Waals surface area contributed by atoms with E-state index in [1.807, 2.05) is 0 Å². The zero-order chi connectivity index (χ0) is 9.80. The molecular weight excluding hydrogens is 176 g/mol. The molecule has 0 bridgehead atoms. The molecule has 2 N–H and O–H groups in total. The predicted octanol–water partition coefficient (Wildman–Crippen LogP) is 0.836. The molecule has 2 heterocycles. The summed E-state index contributed by atoms with van der Waals surface area (Å²) in [5.74, 6) is 0.601. The van der Waals surface area contributed by atoms with Crippen molar-refractivity contribution in [3.63, 3.8) is 0 Å². The Morgan fingerprint density at radius 3 is 2.71 bits per heavy atom. The average Bonchev–Trinajstić information content (AvgIpc) is 2.72. The molecule has 0 amide bonds. The van der Waals surface area contributed by atoms with Crippen molar-refractivity contribution in [2.45, 2.75) is 31.7 Å². The number of nitrogens with two attached hydrogens (primary N) is 1. The molecule has 0 saturated carbocycles. The minimum Gasteiger partial charge on any atom is -0.381 e. The van der Waals surface area contributed by atoms with Gasteiger partial charge >= 0.3 is 0 Å². The second-order valence-corrected chi connectivity index (χ2v) is 4.65. The first-order valence-electron chi connectivity index (χ1n) is 5.92. The van der Waals surface area contributed by atoms with Crippen molar-refractivity contribution in [3.8, 4) is 0 Å². The number of rotatable bonds is 3. The molecule has 0 radical (unpaired) electrons. The van der Waals surface area contributed by atoms with Crippen LogP contribution in [0, 0.1) is 5.92 Å². The van der Waals surface area contributed by atoms with Crippen LogP contribution in [0.2, 0.25) is 0 Å². The third kappa shape index (κ3) is 2.69. The number of likely N-dealkylation sites (tertiary alicyclic amines) is 1. The maximum atomic E-state index is 6.21. The highest BCUT2D eigenvalue weighted by molar-refractivity contribution is 4.80. The molecule has 2 fully saturated rings. The van der Waals surface area contributed by atoms with E-state index in [9.17, 15) is 0 Å². The van der Waals surface area contributed by atoms with Crippen LogP contribution in [0.1, 0.15) is 25.7 Å². The van der Waals surface area contributed by atoms with Gasteiger partial charge in [0.2, 0.25) is 0 Å². The molecule has 2 saturated heterocycles. The van der Waals surface area contributed by atoms with Gasteiger partial charge in [-0.15, -0.1) is 0 Å². The highest BCUT2D eigenvalue weighted by Gasteiger charge is 2.23. The van der Waals surface area contributed by atoms with E-state index in [0.717, 1.165) is 19.8 Å². The van der Waals surface area contributed by atoms with Crippen molar-refractivity contribution in [1.82, 2.24) is 4.90 Å². The monoisotopic (exact) mass is 198 g/mol. The van der Waals surface area contributed by atoms with Gasteiger partial charge in [0.25, 0.3) is 0 Å². The van der Waals surface area contributed by atoms with Crippen LogP contribution in [0.4, 0.5) is 0 Å². The fourth-order valence-electron chi connectivity index (χ4n) is 2.52. The van der Waals surface area contributed by atoms with E-state index in [4.69, 9.17) is 10.5 Å². The molecule has 2 atom stereocenters. The molecular formula is C11H22N2O. The normalized spacial score (nSPS) is 31.9. The highest BCUT2D eigenvalue weighted by atomic mass is 16.5. The van der Waals surface area contributed by atoms with Gasteiger partial charge in [-0.2, -0.15) is 0 Å². The Morgan fingerprint density at radius 2 is 2.07 bits per heavy atom. The molecule has 0 aromatic rings. The van der Waals surface area contributed by atoms with Crippen LogP contribution in [0.15, 0.2) is 0 Å². The summed E-state index contributed by atoms with van der Waals surface area (Å²) in [6, 6.07) is 0.327. The van der Waals surface area contributed by atoms with Gasteiger partial charge < -0.3 is 15.4 Å². The zero-order valence-corrected chi connectivity index (χ0v) is 8.95. The standard InChI is InChI=1S/C11H22N2O/c12-11(8-13-5-1-2-6-13)10-4-3-7-14-9-10/h10-11H,1-9,12H2. The first kappa shape index (κ1) is 10.4. The third-order valence-electron chi connectivity index (χ3n) is 3.47. The van der Waals surface area contributed by atoms with Crippen molar-refractivity contribution < 1.29 is 4.74 Å². The van der Waals surface area contributed by atoms with Gasteiger partial charge in [-0.1, -0.05) is 0 Å². The van der Waals surface area contributed by atoms with Crippen LogP contribution >= 0.6 is 0 Å². The Kier molecular flexibility index (Phi) is 3.79. The maximum Gasteiger partial charge on any atom is 0.0509 e. The minimum absolute atomic E-state index is 0.327. The summed E-state index contributed by atoms with van der Waals surface area (Å²) in [6.07, 6.45) is 5.16. The van der Waals surface area contributed by atoms with Crippen molar-refractivity contribution in [2.24, 2.45) is 11.7 Å². The molecule has 2 aliphatic rings. The molecule has 82 valence electrons. The second kappa shape index (κ2) is 5.10. The Balaban J connectivity index is 1.72. The van der Waals surface area contributed by atoms with Gasteiger partial charge in [0, 0.05) is 19.2 Å². The number of hydrogen-bond acceptors (Lipinski definition) is 3. The second-order valence-electron chi connectivity index (χ2n) is 4.65. The summed E-state index contributed by atoms with van der Waals surface area (Å²) in [5, 5.41) is 0. The number of nitrogens with zero attached hydrogens (tertiary/aromatic N) is 1. The van der Waals surface area contributed by atoms with Crippen molar-refractivity contribution >= 4 is 0 Å². The van der Waals surface area contributed by atoms with Crippen LogP contribution in [0.5, 0.6) is 0 Å². The van der Waals surface area contributed by atoms with E-state index < -0.39 is 0 Å². The molecule has 2 aliphatic heterocycles. The van der Waals surface area contributed by atoms with Gasteiger partial charge in [-0.05, 0) is 44.7 Å². The first-order chi connectivity index (χ1) is 6.86. The van der Waals surface area contributed by atoms with E-state index in [-0.39, 0.29) is 0 Å². The number of ether oxygens (including phenoxy) is 1. The van der Waals surface area contributed by atoms with Gasteiger partial charge in [0.1, 0.15) is 0 Å². The van der Waals surface area contributed by atoms with Gasteiger partial charge in [-0.25, -0.2) is 0 Å². The molecule has 0 aromatic carbocycles. The van der Waals surface area contributed by atoms with Crippen molar-refractivity contribution in [2.75, 3.05) is 32.8 Å². The lowest BCUT2D eigenvalue weighted by Gasteiger charge is -2.30. The first-order valence-corrected chi connectivity index (χ1v) is 5.92. The number of hydrogen-bond donors (Lipinski definition) is 1. The quantitative estimate of drug-likeness (QED) is 0.730. The topological polar surface area (TPSA) is 38.5 Å². The van der Waals surface area contributed by atoms with E-state index >= 15 is 0 Å². The fraction of sp³-hybridized carbons (Fsp3) is 1.00. The van der Waals surface area contributed by atoms with Crippen LogP contribution in [-0.2, 0) is 4.74 Å². The predicted molar refractivity (Wildman–Crippen MR) is 57.2 cm³/mol. The summed E-state index contributed by atoms with van der Waals surface area (Å²) >= 11 is 0. The summed E-state index contributed by atoms with van der Waals surface area (Å²) in [6.45, 7) is 5.40. The van der Waals surface area contributed by atoms with Crippen LogP contribution in [0.25, 0.3) is 0 Å². The molecule has 2 rings (SSSR count). The molecule has 3 nitrogen and oxygen atoms in total. The molecule has 0 spiro atoms. The molecule has 3 heteroatoms. The lowest BCUT2D eigenvalue weighted by atomic mass is 9.94. The van der Waals surface area contributed by atoms with E-state index in [2.05, 4.69) is 4.90 Å². The SMILES string of the molecule is NC(CN1CCCC1)C1CCCOC1. The zero-order valence-electron chi connectivity index (χ0n) is 8.95. The Bertz CT molecular complexity index is 163. The van der Waals surface area contributed by atoms with Gasteiger partial charge in [0.05, 0.1) is 6.61 Å². The van der Waals surface area contributed by atoms with Gasteiger partial charge in [-0.3, -0.25) is 0 Å². The van der Waals surface area contributed by atoms with E-state index in [1.165, 1.54) is 38.8 Å². The fourth-order valence-corrected chi connectivity index (χ4v) is 2.52. The summed E-state index contributed by atoms with van der Waals surface area (Å²) in [7, 11) is 0. The molecule has 0 aromatic heterocycles. The van der Waals surface area contributed by atoms with Crippen LogP contribution < -0.4 is 5.73 Å². The highest BCUT2D eigenvalue weighted by Crippen LogP contribution is 2.18. The van der Waals surface area contributed by atoms with Crippen molar-refractivity contribution in [3.05, 3.63) is 0 Å². The summed E-state index contributed by atoms with van der Waals surface area (Å²) < 4.78 is 5.47. The van der Waals surface area contributed by atoms with Crippen molar-refractivity contribution in [1.29, 1.82) is 0 Å². The molecule has 14 heavy (non-hydrogen) atoms. The van der Waals surface area contributed by atoms with Crippen LogP contribution in [0.3, 0.4) is 0 Å². The van der Waals surface area contributed by atoms with Crippen LogP contribution in [-0.4, -0.2) is 43.8 Å². The third-order valence-corrected chi connectivity index (χ3v) is 3.47. The lowest BCUT2D eigenvalue weighted by molar-refractivity contribution is 0.0403. The Hall–Kier alpha value is -0.120. The van der Waals surface area contributed by atoms with Gasteiger partial charge in [0.15, 0.2) is 0 Å². The Morgan fingerprint density at radius 1 is 1.29 bits per heavy atom. The molecule has 2 unspecified atom stereocenters.